The molecule has 11 nitrogen and oxygen atoms in total. The number of thiazole rings is 1. The highest BCUT2D eigenvalue weighted by Crippen LogP contribution is 2.32. The third kappa shape index (κ3) is 7.94. The first kappa shape index (κ1) is 33.1. The van der Waals surface area contributed by atoms with Gasteiger partial charge in [-0.15, -0.1) is 26.3 Å². The number of hydrogen-bond acceptors (Lipinski definition) is 10. The van der Waals surface area contributed by atoms with Gasteiger partial charge in [-0.1, -0.05) is 30.4 Å². The molecule has 1 aliphatic heterocycles. The molecule has 1 N–H and O–H groups in total. The molecule has 0 spiro atoms. The first-order valence-corrected chi connectivity index (χ1v) is 15.7. The second kappa shape index (κ2) is 12.9. The SMILES string of the molecule is CCc1ncc2sc(N3CCN(S(=O)(=O)c4ccc(OC(F)(F)F)cc4)[C@@H](C(=O)NCc4ccc(OC(F)(F)F)cc4)C3)nc2n1. The fourth-order valence-corrected chi connectivity index (χ4v) is 7.05. The van der Waals surface area contributed by atoms with Gasteiger partial charge >= 0.3 is 12.7 Å². The Balaban J connectivity index is 1.39. The predicted molar refractivity (Wildman–Crippen MR) is 153 cm³/mol. The molecule has 3 heterocycles. The molecule has 19 heteroatoms. The lowest BCUT2D eigenvalue weighted by Crippen LogP contribution is -2.60. The van der Waals surface area contributed by atoms with E-state index >= 15 is 0 Å². The van der Waals surface area contributed by atoms with Gasteiger partial charge in [-0.25, -0.2) is 18.4 Å². The topological polar surface area (TPSA) is 127 Å². The Labute approximate surface area is 261 Å². The Bertz CT molecular complexity index is 1800. The van der Waals surface area contributed by atoms with Crippen LogP contribution in [0.15, 0.2) is 59.6 Å². The fraction of sp³-hybridized carbons (Fsp3) is 0.333. The van der Waals surface area contributed by atoms with Crippen molar-refractivity contribution < 1.29 is 49.0 Å². The van der Waals surface area contributed by atoms with Crippen molar-refractivity contribution in [2.24, 2.45) is 0 Å². The second-order valence-corrected chi connectivity index (χ2v) is 12.7. The highest BCUT2D eigenvalue weighted by atomic mass is 32.2. The van der Waals surface area contributed by atoms with Crippen molar-refractivity contribution in [1.29, 1.82) is 0 Å². The quantitative estimate of drug-likeness (QED) is 0.250. The number of nitrogens with one attached hydrogen (secondary N) is 1. The van der Waals surface area contributed by atoms with Crippen LogP contribution in [0, 0.1) is 0 Å². The third-order valence-corrected chi connectivity index (χ3v) is 9.66. The monoisotopic (exact) mass is 690 g/mol. The molecular weight excluding hydrogens is 666 g/mol. The number of hydrogen-bond donors (Lipinski definition) is 1. The predicted octanol–water partition coefficient (Wildman–Crippen LogP) is 4.64. The van der Waals surface area contributed by atoms with Crippen LogP contribution in [-0.4, -0.2) is 72.0 Å². The van der Waals surface area contributed by atoms with E-state index in [1.165, 1.54) is 23.5 Å². The van der Waals surface area contributed by atoms with Gasteiger partial charge in [-0.3, -0.25) is 4.79 Å². The third-order valence-electron chi connectivity index (χ3n) is 6.70. The minimum absolute atomic E-state index is 0.118. The summed E-state index contributed by atoms with van der Waals surface area (Å²) >= 11 is 1.26. The molecule has 0 bridgehead atoms. The molecule has 0 unspecified atom stereocenters. The minimum atomic E-state index is -4.98. The molecule has 0 aliphatic carbocycles. The van der Waals surface area contributed by atoms with E-state index in [1.807, 2.05) is 6.92 Å². The number of halogens is 6. The summed E-state index contributed by atoms with van der Waals surface area (Å²) in [4.78, 5) is 28.1. The van der Waals surface area contributed by atoms with Gasteiger partial charge in [0.05, 0.1) is 15.8 Å². The summed E-state index contributed by atoms with van der Waals surface area (Å²) in [6.45, 7) is 1.51. The highest BCUT2D eigenvalue weighted by molar-refractivity contribution is 7.89. The van der Waals surface area contributed by atoms with Crippen molar-refractivity contribution in [3.63, 3.8) is 0 Å². The van der Waals surface area contributed by atoms with Crippen LogP contribution in [0.4, 0.5) is 31.5 Å². The van der Waals surface area contributed by atoms with Crippen LogP contribution in [0.2, 0.25) is 0 Å². The van der Waals surface area contributed by atoms with E-state index in [0.717, 1.165) is 40.7 Å². The van der Waals surface area contributed by atoms with Crippen molar-refractivity contribution in [2.45, 2.75) is 43.6 Å². The standard InChI is InChI=1S/C27H24F6N6O5S2/c1-2-22-34-14-21-23(36-22)37-25(45-21)38-11-12-39(46(41,42)19-9-7-18(8-10-19)44-27(31,32)33)20(15-38)24(40)35-13-16-3-5-17(6-4-16)43-26(28,29)30/h3-10,14,20H,2,11-13,15H2,1H3,(H,35,40)/t20-/m1/s1. The number of amides is 1. The number of ether oxygens (including phenoxy) is 2. The van der Waals surface area contributed by atoms with Gasteiger partial charge in [0.2, 0.25) is 15.9 Å². The summed E-state index contributed by atoms with van der Waals surface area (Å²) in [6.07, 6.45) is -7.64. The van der Waals surface area contributed by atoms with E-state index in [-0.39, 0.29) is 31.1 Å². The number of anilines is 1. The maximum atomic E-state index is 13.7. The molecule has 1 amide bonds. The number of fused-ring (bicyclic) bond motifs is 1. The number of rotatable bonds is 9. The number of aryl methyl sites for hydroxylation is 1. The van der Waals surface area contributed by atoms with Crippen LogP contribution >= 0.6 is 11.3 Å². The van der Waals surface area contributed by atoms with Crippen molar-refractivity contribution in [1.82, 2.24) is 24.6 Å². The molecule has 1 atom stereocenters. The summed E-state index contributed by atoms with van der Waals surface area (Å²) in [6, 6.07) is 7.01. The van der Waals surface area contributed by atoms with E-state index in [2.05, 4.69) is 29.7 Å². The summed E-state index contributed by atoms with van der Waals surface area (Å²) in [5.41, 5.74) is 0.851. The molecule has 246 valence electrons. The van der Waals surface area contributed by atoms with Gasteiger partial charge in [0.1, 0.15) is 23.4 Å². The molecule has 46 heavy (non-hydrogen) atoms. The van der Waals surface area contributed by atoms with E-state index in [4.69, 9.17) is 0 Å². The second-order valence-electron chi connectivity index (χ2n) is 9.83. The zero-order valence-electron chi connectivity index (χ0n) is 23.7. The van der Waals surface area contributed by atoms with Crippen molar-refractivity contribution in [3.05, 3.63) is 66.1 Å². The van der Waals surface area contributed by atoms with Gasteiger partial charge in [0.25, 0.3) is 0 Å². The molecule has 1 aliphatic rings. The molecule has 0 saturated carbocycles. The summed E-state index contributed by atoms with van der Waals surface area (Å²) in [7, 11) is -4.42. The largest absolute Gasteiger partial charge is 0.573 e. The van der Waals surface area contributed by atoms with E-state index < -0.39 is 46.2 Å². The Morgan fingerprint density at radius 1 is 0.957 bits per heavy atom. The number of nitrogens with zero attached hydrogens (tertiary/aromatic N) is 5. The van der Waals surface area contributed by atoms with E-state index in [0.29, 0.717) is 33.3 Å². The smallest absolute Gasteiger partial charge is 0.406 e. The molecule has 4 aromatic rings. The first-order valence-electron chi connectivity index (χ1n) is 13.5. The minimum Gasteiger partial charge on any atom is -0.406 e. The molecular formula is C27H24F6N6O5S2. The number of carbonyl (C=O) groups excluding carboxylic acids is 1. The lowest BCUT2D eigenvalue weighted by atomic mass is 10.1. The maximum absolute atomic E-state index is 13.7. The lowest BCUT2D eigenvalue weighted by molar-refractivity contribution is -0.275. The summed E-state index contributed by atoms with van der Waals surface area (Å²) < 4.78 is 112. The molecule has 2 aromatic carbocycles. The van der Waals surface area contributed by atoms with Crippen LogP contribution < -0.4 is 19.7 Å². The Hall–Kier alpha value is -4.23. The number of carbonyl (C=O) groups is 1. The molecule has 1 fully saturated rings. The van der Waals surface area contributed by atoms with Gasteiger partial charge < -0.3 is 19.7 Å². The Morgan fingerprint density at radius 3 is 2.15 bits per heavy atom. The van der Waals surface area contributed by atoms with Crippen LogP contribution in [-0.2, 0) is 27.8 Å². The average Bonchev–Trinajstić information content (AvgIpc) is 3.42. The number of aromatic nitrogens is 3. The highest BCUT2D eigenvalue weighted by Gasteiger charge is 2.41. The normalized spacial score (nSPS) is 16.4. The van der Waals surface area contributed by atoms with Gasteiger partial charge in [0, 0.05) is 32.6 Å². The van der Waals surface area contributed by atoms with Crippen LogP contribution in [0.25, 0.3) is 10.3 Å². The number of sulfonamides is 1. The van der Waals surface area contributed by atoms with Crippen LogP contribution in [0.1, 0.15) is 18.3 Å². The molecule has 0 radical (unpaired) electrons. The number of alkyl halides is 6. The summed E-state index contributed by atoms with van der Waals surface area (Å²) in [5, 5.41) is 3.09. The maximum Gasteiger partial charge on any atom is 0.573 e. The van der Waals surface area contributed by atoms with Crippen molar-refractivity contribution >= 4 is 42.7 Å². The van der Waals surface area contributed by atoms with E-state index in [1.54, 1.807) is 11.1 Å². The zero-order chi connectivity index (χ0) is 33.3. The van der Waals surface area contributed by atoms with Crippen molar-refractivity contribution in [2.75, 3.05) is 24.5 Å². The first-order chi connectivity index (χ1) is 21.6. The number of piperazine rings is 1. The Morgan fingerprint density at radius 2 is 1.57 bits per heavy atom. The molecule has 1 saturated heterocycles. The van der Waals surface area contributed by atoms with Gasteiger partial charge in [0.15, 0.2) is 10.8 Å². The van der Waals surface area contributed by atoms with Gasteiger partial charge in [-0.2, -0.15) is 9.29 Å². The lowest BCUT2D eigenvalue weighted by Gasteiger charge is -2.39. The average molecular weight is 691 g/mol. The van der Waals surface area contributed by atoms with Gasteiger partial charge in [-0.05, 0) is 42.0 Å². The zero-order valence-corrected chi connectivity index (χ0v) is 25.3. The Kier molecular flexibility index (Phi) is 9.28. The molecule has 2 aromatic heterocycles. The van der Waals surface area contributed by atoms with Crippen molar-refractivity contribution in [3.8, 4) is 11.5 Å². The van der Waals surface area contributed by atoms with Crippen LogP contribution in [0.3, 0.4) is 0 Å². The number of benzene rings is 2. The fourth-order valence-electron chi connectivity index (χ4n) is 4.57. The van der Waals surface area contributed by atoms with Crippen LogP contribution in [0.5, 0.6) is 11.5 Å². The molecule has 5 rings (SSSR count). The van der Waals surface area contributed by atoms with E-state index in [9.17, 15) is 39.6 Å². The summed E-state index contributed by atoms with van der Waals surface area (Å²) in [5.74, 6) is -1.22.